The summed E-state index contributed by atoms with van der Waals surface area (Å²) in [5.41, 5.74) is 0.457. The van der Waals surface area contributed by atoms with Crippen molar-refractivity contribution in [3.63, 3.8) is 0 Å². The van der Waals surface area contributed by atoms with E-state index in [0.717, 1.165) is 25.4 Å². The number of rotatable bonds is 1. The van der Waals surface area contributed by atoms with Crippen molar-refractivity contribution < 1.29 is 4.74 Å². The highest BCUT2D eigenvalue weighted by molar-refractivity contribution is 4.96. The summed E-state index contributed by atoms with van der Waals surface area (Å²) in [6, 6.07) is 2.35. The van der Waals surface area contributed by atoms with Crippen LogP contribution in [0.4, 0.5) is 0 Å². The van der Waals surface area contributed by atoms with Gasteiger partial charge in [-0.1, -0.05) is 20.8 Å². The Balaban J connectivity index is 2.11. The second-order valence-corrected chi connectivity index (χ2v) is 7.44. The van der Waals surface area contributed by atoms with E-state index < -0.39 is 0 Å². The first kappa shape index (κ1) is 13.9. The van der Waals surface area contributed by atoms with Crippen LogP contribution in [-0.4, -0.2) is 12.2 Å². The molecule has 3 unspecified atom stereocenters. The van der Waals surface area contributed by atoms with Crippen LogP contribution in [0, 0.1) is 28.6 Å². The number of hydrogen-bond donors (Lipinski definition) is 0. The molecular formula is C16H27NO. The van der Waals surface area contributed by atoms with Crippen molar-refractivity contribution in [1.29, 1.82) is 5.26 Å². The summed E-state index contributed by atoms with van der Waals surface area (Å²) >= 11 is 0. The molecule has 0 aromatic heterocycles. The minimum Gasteiger partial charge on any atom is -0.375 e. The Morgan fingerprint density at radius 1 is 1.28 bits per heavy atom. The molecule has 1 aliphatic heterocycles. The third-order valence-corrected chi connectivity index (χ3v) is 4.77. The highest BCUT2D eigenvalue weighted by Gasteiger charge is 2.43. The number of nitrogens with zero attached hydrogens (tertiary/aromatic N) is 1. The molecular weight excluding hydrogens is 222 g/mol. The molecule has 0 aromatic rings. The second-order valence-electron chi connectivity index (χ2n) is 7.44. The van der Waals surface area contributed by atoms with E-state index >= 15 is 0 Å². The van der Waals surface area contributed by atoms with Crippen molar-refractivity contribution in [2.45, 2.75) is 71.3 Å². The molecule has 1 spiro atoms. The third kappa shape index (κ3) is 3.26. The molecule has 2 fully saturated rings. The van der Waals surface area contributed by atoms with E-state index in [0.29, 0.717) is 17.8 Å². The van der Waals surface area contributed by atoms with E-state index in [2.05, 4.69) is 26.8 Å². The summed E-state index contributed by atoms with van der Waals surface area (Å²) in [5, 5.41) is 8.91. The van der Waals surface area contributed by atoms with Crippen molar-refractivity contribution in [1.82, 2.24) is 0 Å². The van der Waals surface area contributed by atoms with Crippen LogP contribution in [0.5, 0.6) is 0 Å². The van der Waals surface area contributed by atoms with E-state index in [9.17, 15) is 0 Å². The molecule has 0 radical (unpaired) electrons. The van der Waals surface area contributed by atoms with Crippen molar-refractivity contribution in [2.24, 2.45) is 17.3 Å². The fourth-order valence-corrected chi connectivity index (χ4v) is 4.32. The standard InChI is InChI=1S/C16H27NO/c1-13-4-7-16(12-15(2,3)10-13)11-14(5-8-17)6-9-18-16/h13-14H,4-7,9-12H2,1-3H3. The molecule has 1 aliphatic carbocycles. The summed E-state index contributed by atoms with van der Waals surface area (Å²) in [6.45, 7) is 7.99. The van der Waals surface area contributed by atoms with Gasteiger partial charge in [-0.25, -0.2) is 0 Å². The predicted octanol–water partition coefficient (Wildman–Crippen LogP) is 4.30. The molecule has 3 atom stereocenters. The van der Waals surface area contributed by atoms with Crippen LogP contribution in [-0.2, 0) is 4.74 Å². The van der Waals surface area contributed by atoms with Gasteiger partial charge >= 0.3 is 0 Å². The first-order valence-corrected chi connectivity index (χ1v) is 7.46. The number of ether oxygens (including phenoxy) is 1. The minimum atomic E-state index is 0.0774. The van der Waals surface area contributed by atoms with Gasteiger partial charge in [-0.05, 0) is 55.8 Å². The Morgan fingerprint density at radius 3 is 2.78 bits per heavy atom. The average molecular weight is 249 g/mol. The smallest absolute Gasteiger partial charge is 0.0690 e. The van der Waals surface area contributed by atoms with Crippen LogP contribution in [0.15, 0.2) is 0 Å². The zero-order valence-corrected chi connectivity index (χ0v) is 12.2. The summed E-state index contributed by atoms with van der Waals surface area (Å²) in [5.74, 6) is 1.37. The highest BCUT2D eigenvalue weighted by atomic mass is 16.5. The minimum absolute atomic E-state index is 0.0774. The lowest BCUT2D eigenvalue weighted by Gasteiger charge is -2.43. The quantitative estimate of drug-likeness (QED) is 0.694. The van der Waals surface area contributed by atoms with Gasteiger partial charge in [0.05, 0.1) is 11.7 Å². The van der Waals surface area contributed by atoms with Crippen molar-refractivity contribution in [3.05, 3.63) is 0 Å². The molecule has 102 valence electrons. The highest BCUT2D eigenvalue weighted by Crippen LogP contribution is 2.48. The van der Waals surface area contributed by atoms with Crippen LogP contribution >= 0.6 is 0 Å². The van der Waals surface area contributed by atoms with Gasteiger partial charge < -0.3 is 4.74 Å². The maximum absolute atomic E-state index is 8.91. The molecule has 18 heavy (non-hydrogen) atoms. The third-order valence-electron chi connectivity index (χ3n) is 4.77. The molecule has 2 aliphatic rings. The normalized spacial score (nSPS) is 40.1. The SMILES string of the molecule is CC1CCC2(CC(CC#N)CCO2)CC(C)(C)C1. The van der Waals surface area contributed by atoms with Crippen LogP contribution in [0.2, 0.25) is 0 Å². The van der Waals surface area contributed by atoms with Crippen LogP contribution in [0.25, 0.3) is 0 Å². The number of nitriles is 1. The summed E-state index contributed by atoms with van der Waals surface area (Å²) in [7, 11) is 0. The molecule has 2 heteroatoms. The van der Waals surface area contributed by atoms with Crippen molar-refractivity contribution in [3.8, 4) is 6.07 Å². The molecule has 2 nitrogen and oxygen atoms in total. The zero-order chi connectivity index (χ0) is 13.2. The molecule has 0 N–H and O–H groups in total. The lowest BCUT2D eigenvalue weighted by molar-refractivity contribution is -0.118. The van der Waals surface area contributed by atoms with Crippen molar-refractivity contribution >= 4 is 0 Å². The molecule has 0 aromatic carbocycles. The largest absolute Gasteiger partial charge is 0.375 e. The molecule has 1 saturated heterocycles. The van der Waals surface area contributed by atoms with Gasteiger partial charge in [0.1, 0.15) is 0 Å². The zero-order valence-electron chi connectivity index (χ0n) is 12.2. The monoisotopic (exact) mass is 249 g/mol. The first-order valence-electron chi connectivity index (χ1n) is 7.46. The Hall–Kier alpha value is -0.550. The van der Waals surface area contributed by atoms with E-state index in [1.54, 1.807) is 0 Å². The first-order chi connectivity index (χ1) is 8.45. The maximum Gasteiger partial charge on any atom is 0.0690 e. The van der Waals surface area contributed by atoms with Gasteiger partial charge in [-0.2, -0.15) is 5.26 Å². The molecule has 0 bridgehead atoms. The van der Waals surface area contributed by atoms with Gasteiger partial charge in [0.25, 0.3) is 0 Å². The lowest BCUT2D eigenvalue weighted by atomic mass is 9.73. The van der Waals surface area contributed by atoms with Crippen LogP contribution < -0.4 is 0 Å². The lowest BCUT2D eigenvalue weighted by Crippen LogP contribution is -2.42. The summed E-state index contributed by atoms with van der Waals surface area (Å²) in [6.07, 6.45) is 7.85. The van der Waals surface area contributed by atoms with Gasteiger partial charge in [-0.3, -0.25) is 0 Å². The molecule has 0 amide bonds. The summed E-state index contributed by atoms with van der Waals surface area (Å²) in [4.78, 5) is 0. The molecule has 2 rings (SSSR count). The van der Waals surface area contributed by atoms with Crippen LogP contribution in [0.3, 0.4) is 0 Å². The Bertz CT molecular complexity index is 330. The van der Waals surface area contributed by atoms with E-state index in [4.69, 9.17) is 10.00 Å². The Kier molecular flexibility index (Phi) is 4.02. The second kappa shape index (κ2) is 5.21. The number of hydrogen-bond acceptors (Lipinski definition) is 2. The Morgan fingerprint density at radius 2 is 2.06 bits per heavy atom. The topological polar surface area (TPSA) is 33.0 Å². The Labute approximate surface area is 112 Å². The van der Waals surface area contributed by atoms with E-state index in [-0.39, 0.29) is 5.60 Å². The van der Waals surface area contributed by atoms with Crippen LogP contribution in [0.1, 0.15) is 65.7 Å². The van der Waals surface area contributed by atoms with Gasteiger partial charge in [-0.15, -0.1) is 0 Å². The predicted molar refractivity (Wildman–Crippen MR) is 73.1 cm³/mol. The average Bonchev–Trinajstić information content (AvgIpc) is 2.35. The fourth-order valence-electron chi connectivity index (χ4n) is 4.32. The van der Waals surface area contributed by atoms with Gasteiger partial charge in [0.2, 0.25) is 0 Å². The van der Waals surface area contributed by atoms with Gasteiger partial charge in [0, 0.05) is 13.0 Å². The molecule has 1 saturated carbocycles. The van der Waals surface area contributed by atoms with E-state index in [1.165, 1.54) is 25.7 Å². The fraction of sp³-hybridized carbons (Fsp3) is 0.938. The maximum atomic E-state index is 8.91. The molecule has 1 heterocycles. The summed E-state index contributed by atoms with van der Waals surface area (Å²) < 4.78 is 6.24. The van der Waals surface area contributed by atoms with Crippen molar-refractivity contribution in [2.75, 3.05) is 6.61 Å². The van der Waals surface area contributed by atoms with E-state index in [1.807, 2.05) is 0 Å². The van der Waals surface area contributed by atoms with Gasteiger partial charge in [0.15, 0.2) is 0 Å².